The van der Waals surface area contributed by atoms with Crippen LogP contribution in [0.25, 0.3) is 5.65 Å². The molecule has 0 spiro atoms. The van der Waals surface area contributed by atoms with Crippen molar-refractivity contribution < 1.29 is 9.50 Å². The van der Waals surface area contributed by atoms with Crippen LogP contribution in [-0.2, 0) is 6.54 Å². The van der Waals surface area contributed by atoms with Crippen molar-refractivity contribution in [2.45, 2.75) is 32.0 Å². The number of hydrogen-bond donors (Lipinski definition) is 2. The van der Waals surface area contributed by atoms with E-state index in [2.05, 4.69) is 15.4 Å². The molecule has 0 aliphatic rings. The number of aliphatic hydroxyl groups is 1. The maximum Gasteiger partial charge on any atom is 0.154 e. The Bertz CT molecular complexity index is 818. The number of aromatic nitrogens is 3. The third-order valence-electron chi connectivity index (χ3n) is 3.98. The highest BCUT2D eigenvalue weighted by Gasteiger charge is 2.24. The molecule has 2 aromatic heterocycles. The molecule has 3 rings (SSSR count). The predicted octanol–water partition coefficient (Wildman–Crippen LogP) is 3.12. The summed E-state index contributed by atoms with van der Waals surface area (Å²) in [6.45, 7) is 2.40. The summed E-state index contributed by atoms with van der Waals surface area (Å²) in [5.41, 5.74) is 1.81. The summed E-state index contributed by atoms with van der Waals surface area (Å²) < 4.78 is 15.7. The molecule has 3 aromatic rings. The van der Waals surface area contributed by atoms with Crippen LogP contribution in [0, 0.1) is 5.82 Å². The number of hydrogen-bond acceptors (Lipinski definition) is 4. The minimum atomic E-state index is -1.04. The molecule has 1 aromatic carbocycles. The zero-order valence-corrected chi connectivity index (χ0v) is 13.9. The van der Waals surface area contributed by atoms with Gasteiger partial charge in [-0.1, -0.05) is 24.6 Å². The van der Waals surface area contributed by atoms with Gasteiger partial charge >= 0.3 is 0 Å². The zero-order chi connectivity index (χ0) is 17.1. The number of nitrogens with zero attached hydrogens (tertiary/aromatic N) is 3. The fourth-order valence-corrected chi connectivity index (χ4v) is 2.94. The largest absolute Gasteiger partial charge is 0.387 e. The van der Waals surface area contributed by atoms with Crippen molar-refractivity contribution in [3.8, 4) is 0 Å². The molecule has 126 valence electrons. The molecule has 0 saturated carbocycles. The number of aliphatic hydroxyl groups excluding tert-OH is 1. The molecule has 2 atom stereocenters. The van der Waals surface area contributed by atoms with E-state index in [-0.39, 0.29) is 16.6 Å². The van der Waals surface area contributed by atoms with Gasteiger partial charge in [0, 0.05) is 47.2 Å². The van der Waals surface area contributed by atoms with Crippen molar-refractivity contribution in [3.63, 3.8) is 0 Å². The molecule has 0 aliphatic heterocycles. The summed E-state index contributed by atoms with van der Waals surface area (Å²) in [5.74, 6) is -0.505. The van der Waals surface area contributed by atoms with E-state index in [1.54, 1.807) is 23.0 Å². The van der Waals surface area contributed by atoms with Crippen molar-refractivity contribution in [1.29, 1.82) is 0 Å². The quantitative estimate of drug-likeness (QED) is 0.718. The topological polar surface area (TPSA) is 62.5 Å². The van der Waals surface area contributed by atoms with Gasteiger partial charge in [0.15, 0.2) is 5.65 Å². The highest BCUT2D eigenvalue weighted by atomic mass is 35.5. The molecule has 0 bridgehead atoms. The van der Waals surface area contributed by atoms with E-state index in [0.717, 1.165) is 11.2 Å². The van der Waals surface area contributed by atoms with Crippen LogP contribution in [0.1, 0.15) is 30.6 Å². The number of benzene rings is 1. The first-order chi connectivity index (χ1) is 11.6. The number of fused-ring (bicyclic) bond motifs is 1. The van der Waals surface area contributed by atoms with Crippen LogP contribution in [0.15, 0.2) is 42.9 Å². The molecule has 24 heavy (non-hydrogen) atoms. The van der Waals surface area contributed by atoms with Gasteiger partial charge in [-0.2, -0.15) is 5.10 Å². The first-order valence-electron chi connectivity index (χ1n) is 7.73. The third kappa shape index (κ3) is 3.40. The predicted molar refractivity (Wildman–Crippen MR) is 90.3 cm³/mol. The van der Waals surface area contributed by atoms with Crippen LogP contribution in [0.3, 0.4) is 0 Å². The number of halogens is 2. The third-order valence-corrected chi connectivity index (χ3v) is 4.31. The lowest BCUT2D eigenvalue weighted by molar-refractivity contribution is 0.121. The van der Waals surface area contributed by atoms with Crippen LogP contribution >= 0.6 is 11.6 Å². The Labute approximate surface area is 144 Å². The Kier molecular flexibility index (Phi) is 5.08. The smallest absolute Gasteiger partial charge is 0.154 e. The fraction of sp³-hybridized carbons (Fsp3) is 0.294. The van der Waals surface area contributed by atoms with E-state index in [4.69, 9.17) is 11.6 Å². The summed E-state index contributed by atoms with van der Waals surface area (Å²) in [6, 6.07) is 5.87. The summed E-state index contributed by atoms with van der Waals surface area (Å²) in [7, 11) is 0. The first kappa shape index (κ1) is 16.8. The fourth-order valence-electron chi connectivity index (χ4n) is 2.66. The molecule has 2 unspecified atom stereocenters. The number of rotatable bonds is 6. The molecular formula is C17H18ClFN4O. The van der Waals surface area contributed by atoms with Gasteiger partial charge in [-0.15, -0.1) is 0 Å². The Hall–Kier alpha value is -2.02. The molecule has 0 radical (unpaired) electrons. The highest BCUT2D eigenvalue weighted by molar-refractivity contribution is 6.31. The SMILES string of the molecule is CCC(NCc1cnc2ccnn2c1)C(O)c1c(F)cccc1Cl. The van der Waals surface area contributed by atoms with E-state index < -0.39 is 11.9 Å². The van der Waals surface area contributed by atoms with Gasteiger partial charge in [-0.25, -0.2) is 13.9 Å². The second-order valence-electron chi connectivity index (χ2n) is 5.57. The van der Waals surface area contributed by atoms with E-state index in [1.807, 2.05) is 19.2 Å². The summed E-state index contributed by atoms with van der Waals surface area (Å²) in [4.78, 5) is 4.29. The van der Waals surface area contributed by atoms with Gasteiger partial charge in [0.25, 0.3) is 0 Å². The average molecular weight is 349 g/mol. The van der Waals surface area contributed by atoms with Crippen molar-refractivity contribution in [2.75, 3.05) is 0 Å². The molecule has 7 heteroatoms. The standard InChI is InChI=1S/C17H18ClFN4O/c1-2-14(17(24)16-12(18)4-3-5-13(16)19)20-8-11-9-21-15-6-7-22-23(15)10-11/h3-7,9-10,14,17,20,24H,2,8H2,1H3. The molecule has 0 saturated heterocycles. The first-order valence-corrected chi connectivity index (χ1v) is 8.11. The second kappa shape index (κ2) is 7.25. The lowest BCUT2D eigenvalue weighted by Crippen LogP contribution is -2.34. The average Bonchev–Trinajstić information content (AvgIpc) is 3.03. The maximum atomic E-state index is 14.0. The molecule has 2 heterocycles. The minimum absolute atomic E-state index is 0.124. The van der Waals surface area contributed by atoms with Crippen molar-refractivity contribution in [2.24, 2.45) is 0 Å². The Balaban J connectivity index is 1.74. The highest BCUT2D eigenvalue weighted by Crippen LogP contribution is 2.29. The van der Waals surface area contributed by atoms with Crippen molar-refractivity contribution >= 4 is 17.2 Å². The molecule has 5 nitrogen and oxygen atoms in total. The van der Waals surface area contributed by atoms with Gasteiger partial charge in [0.2, 0.25) is 0 Å². The maximum absolute atomic E-state index is 14.0. The normalized spacial score (nSPS) is 14.0. The van der Waals surface area contributed by atoms with Gasteiger partial charge < -0.3 is 10.4 Å². The van der Waals surface area contributed by atoms with Crippen LogP contribution in [0.4, 0.5) is 4.39 Å². The van der Waals surface area contributed by atoms with Gasteiger partial charge in [0.05, 0.1) is 12.3 Å². The Morgan fingerprint density at radius 1 is 1.38 bits per heavy atom. The molecule has 0 fully saturated rings. The molecular weight excluding hydrogens is 331 g/mol. The molecule has 0 aliphatic carbocycles. The molecule has 2 N–H and O–H groups in total. The van der Waals surface area contributed by atoms with Crippen LogP contribution in [0.5, 0.6) is 0 Å². The van der Waals surface area contributed by atoms with Crippen molar-refractivity contribution in [3.05, 3.63) is 64.8 Å². The summed E-state index contributed by atoms with van der Waals surface area (Å²) in [6.07, 6.45) is 4.87. The summed E-state index contributed by atoms with van der Waals surface area (Å²) >= 11 is 6.05. The lowest BCUT2D eigenvalue weighted by Gasteiger charge is -2.24. The van der Waals surface area contributed by atoms with Crippen molar-refractivity contribution in [1.82, 2.24) is 19.9 Å². The van der Waals surface area contributed by atoms with E-state index in [9.17, 15) is 9.50 Å². The number of nitrogens with one attached hydrogen (secondary N) is 1. The monoisotopic (exact) mass is 348 g/mol. The minimum Gasteiger partial charge on any atom is -0.387 e. The van der Waals surface area contributed by atoms with E-state index in [1.165, 1.54) is 12.1 Å². The van der Waals surface area contributed by atoms with Crippen LogP contribution in [-0.4, -0.2) is 25.7 Å². The second-order valence-corrected chi connectivity index (χ2v) is 5.98. The van der Waals surface area contributed by atoms with Gasteiger partial charge in [-0.05, 0) is 18.6 Å². The van der Waals surface area contributed by atoms with E-state index >= 15 is 0 Å². The molecule has 0 amide bonds. The summed E-state index contributed by atoms with van der Waals surface area (Å²) in [5, 5.41) is 18.1. The Morgan fingerprint density at radius 2 is 2.21 bits per heavy atom. The Morgan fingerprint density at radius 3 is 2.96 bits per heavy atom. The van der Waals surface area contributed by atoms with Gasteiger partial charge in [0.1, 0.15) is 5.82 Å². The van der Waals surface area contributed by atoms with E-state index in [0.29, 0.717) is 13.0 Å². The lowest BCUT2D eigenvalue weighted by atomic mass is 9.99. The van der Waals surface area contributed by atoms with Crippen LogP contribution < -0.4 is 5.32 Å². The zero-order valence-electron chi connectivity index (χ0n) is 13.2. The van der Waals surface area contributed by atoms with Crippen LogP contribution in [0.2, 0.25) is 5.02 Å². The van der Waals surface area contributed by atoms with Gasteiger partial charge in [-0.3, -0.25) is 0 Å².